The molecule has 6 heteroatoms. The molecule has 0 heterocycles. The zero-order valence-electron chi connectivity index (χ0n) is 11.4. The highest BCUT2D eigenvalue weighted by atomic mass is 16.5. The summed E-state index contributed by atoms with van der Waals surface area (Å²) in [5.41, 5.74) is 5.73. The first kappa shape index (κ1) is 15.6. The zero-order valence-corrected chi connectivity index (χ0v) is 11.4. The number of amides is 1. The number of primary amides is 1. The Morgan fingerprint density at radius 1 is 1.30 bits per heavy atom. The Hall–Kier alpha value is -2.50. The fraction of sp³-hybridized carbons (Fsp3) is 0.286. The molecule has 6 nitrogen and oxygen atoms in total. The highest BCUT2D eigenvalue weighted by Gasteiger charge is 2.07. The monoisotopic (exact) mass is 279 g/mol. The topological polar surface area (TPSA) is 98.9 Å². The van der Waals surface area contributed by atoms with Crippen LogP contribution in [0.3, 0.4) is 0 Å². The van der Waals surface area contributed by atoms with Crippen LogP contribution in [0.5, 0.6) is 11.5 Å². The van der Waals surface area contributed by atoms with Crippen molar-refractivity contribution < 1.29 is 24.2 Å². The summed E-state index contributed by atoms with van der Waals surface area (Å²) >= 11 is 0. The molecule has 1 aromatic rings. The van der Waals surface area contributed by atoms with Crippen molar-refractivity contribution in [3.8, 4) is 11.5 Å². The summed E-state index contributed by atoms with van der Waals surface area (Å²) in [6, 6.07) is 4.57. The van der Waals surface area contributed by atoms with Crippen molar-refractivity contribution in [3.05, 3.63) is 35.4 Å². The van der Waals surface area contributed by atoms with Gasteiger partial charge >= 0.3 is 5.97 Å². The van der Waals surface area contributed by atoms with Crippen LogP contribution in [0.2, 0.25) is 0 Å². The van der Waals surface area contributed by atoms with E-state index >= 15 is 0 Å². The number of rotatable bonds is 7. The second-order valence-electron chi connectivity index (χ2n) is 3.96. The number of nitrogens with two attached hydrogens (primary N) is 1. The number of carbonyl (C=O) groups is 2. The number of methoxy groups -OCH3 is 1. The van der Waals surface area contributed by atoms with E-state index < -0.39 is 11.9 Å². The minimum Gasteiger partial charge on any atom is -0.497 e. The normalized spacial score (nSPS) is 11.0. The standard InChI is InChI=1S/C14H17NO5/c1-3-9(14(17)18)4-5-20-12-7-10(13(15)16)6-11(8-12)19-2/h4,6-8H,3,5H2,1-2H3,(H2,15,16)(H,17,18)/b9-4-. The second-order valence-corrected chi connectivity index (χ2v) is 3.96. The maximum Gasteiger partial charge on any atom is 0.331 e. The van der Waals surface area contributed by atoms with Gasteiger partial charge in [-0.3, -0.25) is 4.79 Å². The van der Waals surface area contributed by atoms with Crippen LogP contribution in [-0.4, -0.2) is 30.7 Å². The molecule has 1 aromatic carbocycles. The van der Waals surface area contributed by atoms with E-state index in [-0.39, 0.29) is 17.7 Å². The Labute approximate surface area is 116 Å². The van der Waals surface area contributed by atoms with Crippen molar-refractivity contribution in [2.75, 3.05) is 13.7 Å². The Morgan fingerprint density at radius 2 is 1.95 bits per heavy atom. The van der Waals surface area contributed by atoms with E-state index in [2.05, 4.69) is 0 Å². The minimum absolute atomic E-state index is 0.0842. The molecule has 0 aliphatic carbocycles. The van der Waals surface area contributed by atoms with E-state index in [0.717, 1.165) is 0 Å². The summed E-state index contributed by atoms with van der Waals surface area (Å²) in [6.07, 6.45) is 1.88. The van der Waals surface area contributed by atoms with E-state index in [1.165, 1.54) is 25.3 Å². The van der Waals surface area contributed by atoms with Crippen molar-refractivity contribution in [1.82, 2.24) is 0 Å². The Bertz CT molecular complexity index is 536. The number of carboxylic acids is 1. The van der Waals surface area contributed by atoms with Crippen molar-refractivity contribution in [3.63, 3.8) is 0 Å². The van der Waals surface area contributed by atoms with Crippen LogP contribution in [-0.2, 0) is 4.79 Å². The van der Waals surface area contributed by atoms with Crippen LogP contribution in [0.1, 0.15) is 23.7 Å². The number of aliphatic carboxylic acids is 1. The Kier molecular flexibility index (Phi) is 5.58. The van der Waals surface area contributed by atoms with Gasteiger partial charge in [-0.15, -0.1) is 0 Å². The van der Waals surface area contributed by atoms with Gasteiger partial charge in [0.05, 0.1) is 7.11 Å². The van der Waals surface area contributed by atoms with Gasteiger partial charge in [-0.1, -0.05) is 6.92 Å². The fourth-order valence-electron chi connectivity index (χ4n) is 1.54. The van der Waals surface area contributed by atoms with Gasteiger partial charge in [-0.25, -0.2) is 4.79 Å². The summed E-state index contributed by atoms with van der Waals surface area (Å²) in [5, 5.41) is 8.86. The van der Waals surface area contributed by atoms with Crippen LogP contribution < -0.4 is 15.2 Å². The molecule has 0 spiro atoms. The van der Waals surface area contributed by atoms with Gasteiger partial charge in [-0.05, 0) is 24.6 Å². The number of hydrogen-bond acceptors (Lipinski definition) is 4. The maximum atomic E-state index is 11.2. The fourth-order valence-corrected chi connectivity index (χ4v) is 1.54. The molecular weight excluding hydrogens is 262 g/mol. The summed E-state index contributed by atoms with van der Waals surface area (Å²) in [7, 11) is 1.46. The smallest absolute Gasteiger partial charge is 0.331 e. The third-order valence-corrected chi connectivity index (χ3v) is 2.64. The van der Waals surface area contributed by atoms with Gasteiger partial charge in [0.25, 0.3) is 0 Å². The lowest BCUT2D eigenvalue weighted by Crippen LogP contribution is -2.11. The number of hydrogen-bond donors (Lipinski definition) is 2. The number of carboxylic acid groups (broad SMARTS) is 1. The highest BCUT2D eigenvalue weighted by molar-refractivity contribution is 5.93. The second kappa shape index (κ2) is 7.18. The first-order valence-corrected chi connectivity index (χ1v) is 6.02. The van der Waals surface area contributed by atoms with Gasteiger partial charge in [-0.2, -0.15) is 0 Å². The maximum absolute atomic E-state index is 11.2. The molecule has 0 aliphatic rings. The van der Waals surface area contributed by atoms with Gasteiger partial charge < -0.3 is 20.3 Å². The zero-order chi connectivity index (χ0) is 15.1. The molecule has 0 fully saturated rings. The van der Waals surface area contributed by atoms with Crippen molar-refractivity contribution in [1.29, 1.82) is 0 Å². The van der Waals surface area contributed by atoms with Crippen LogP contribution in [0.4, 0.5) is 0 Å². The minimum atomic E-state index is -0.973. The van der Waals surface area contributed by atoms with Crippen LogP contribution >= 0.6 is 0 Å². The SMILES string of the molecule is CC/C(=C/COc1cc(OC)cc(C(N)=O)c1)C(=O)O. The summed E-state index contributed by atoms with van der Waals surface area (Å²) in [6.45, 7) is 1.83. The molecule has 1 rings (SSSR count). The lowest BCUT2D eigenvalue weighted by atomic mass is 10.2. The number of ether oxygens (including phenoxy) is 2. The average molecular weight is 279 g/mol. The van der Waals surface area contributed by atoms with Crippen LogP contribution in [0.15, 0.2) is 29.8 Å². The lowest BCUT2D eigenvalue weighted by molar-refractivity contribution is -0.132. The molecule has 0 aromatic heterocycles. The molecular formula is C14H17NO5. The molecule has 20 heavy (non-hydrogen) atoms. The van der Waals surface area contributed by atoms with Gasteiger partial charge in [0.2, 0.25) is 5.91 Å². The van der Waals surface area contributed by atoms with Gasteiger partial charge in [0, 0.05) is 17.2 Å². The van der Waals surface area contributed by atoms with Gasteiger partial charge in [0.15, 0.2) is 0 Å². The Morgan fingerprint density at radius 3 is 2.45 bits per heavy atom. The van der Waals surface area contributed by atoms with E-state index in [1.54, 1.807) is 13.0 Å². The Balaban J connectivity index is 2.84. The average Bonchev–Trinajstić information content (AvgIpc) is 2.42. The third kappa shape index (κ3) is 4.31. The number of carbonyl (C=O) groups excluding carboxylic acids is 1. The molecule has 108 valence electrons. The quantitative estimate of drug-likeness (QED) is 0.738. The van der Waals surface area contributed by atoms with Gasteiger partial charge in [0.1, 0.15) is 18.1 Å². The predicted molar refractivity (Wildman–Crippen MR) is 73.0 cm³/mol. The first-order chi connectivity index (χ1) is 9.47. The highest BCUT2D eigenvalue weighted by Crippen LogP contribution is 2.22. The largest absolute Gasteiger partial charge is 0.497 e. The van der Waals surface area contributed by atoms with Crippen LogP contribution in [0, 0.1) is 0 Å². The van der Waals surface area contributed by atoms with E-state index in [0.29, 0.717) is 17.9 Å². The van der Waals surface area contributed by atoms with E-state index in [1.807, 2.05) is 0 Å². The molecule has 0 radical (unpaired) electrons. The summed E-state index contributed by atoms with van der Waals surface area (Å²) < 4.78 is 10.4. The van der Waals surface area contributed by atoms with Crippen LogP contribution in [0.25, 0.3) is 0 Å². The molecule has 0 aliphatic heterocycles. The summed E-state index contributed by atoms with van der Waals surface area (Å²) in [4.78, 5) is 22.0. The third-order valence-electron chi connectivity index (χ3n) is 2.64. The molecule has 0 saturated heterocycles. The molecule has 0 bridgehead atoms. The van der Waals surface area contributed by atoms with Crippen molar-refractivity contribution in [2.24, 2.45) is 5.73 Å². The molecule has 0 atom stereocenters. The van der Waals surface area contributed by atoms with E-state index in [4.69, 9.17) is 20.3 Å². The summed E-state index contributed by atoms with van der Waals surface area (Å²) in [5.74, 6) is -0.742. The lowest BCUT2D eigenvalue weighted by Gasteiger charge is -2.08. The van der Waals surface area contributed by atoms with Crippen molar-refractivity contribution >= 4 is 11.9 Å². The molecule has 0 saturated carbocycles. The van der Waals surface area contributed by atoms with E-state index in [9.17, 15) is 9.59 Å². The van der Waals surface area contributed by atoms with Crippen molar-refractivity contribution in [2.45, 2.75) is 13.3 Å². The number of benzene rings is 1. The molecule has 1 amide bonds. The predicted octanol–water partition coefficient (Wildman–Crippen LogP) is 1.59. The molecule has 0 unspecified atom stereocenters. The first-order valence-electron chi connectivity index (χ1n) is 6.02. The molecule has 3 N–H and O–H groups in total.